The molecule has 100 valence electrons. The maximum atomic E-state index is 12.3. The molecule has 0 fully saturated rings. The number of carbonyl (C=O) groups excluding carboxylic acids is 1. The maximum Gasteiger partial charge on any atom is 0.181 e. The zero-order valence-corrected chi connectivity index (χ0v) is 11.6. The second-order valence-electron chi connectivity index (χ2n) is 4.99. The third-order valence-corrected chi connectivity index (χ3v) is 3.38. The molecule has 0 bridgehead atoms. The summed E-state index contributed by atoms with van der Waals surface area (Å²) in [6.07, 6.45) is 2.20. The van der Waals surface area contributed by atoms with Crippen molar-refractivity contribution in [3.05, 3.63) is 47.3 Å². The predicted octanol–water partition coefficient (Wildman–Crippen LogP) is 2.69. The minimum atomic E-state index is 0.127. The third kappa shape index (κ3) is 2.84. The molecule has 0 radical (unpaired) electrons. The molecule has 0 saturated heterocycles. The Kier molecular flexibility index (Phi) is 3.69. The van der Waals surface area contributed by atoms with Gasteiger partial charge in [0.25, 0.3) is 0 Å². The van der Waals surface area contributed by atoms with E-state index in [1.165, 1.54) is 0 Å². The van der Waals surface area contributed by atoms with Crippen molar-refractivity contribution >= 4 is 11.5 Å². The van der Waals surface area contributed by atoms with E-state index < -0.39 is 0 Å². The molecular weight excluding hydrogens is 238 g/mol. The maximum absolute atomic E-state index is 12.3. The van der Waals surface area contributed by atoms with E-state index in [1.54, 1.807) is 17.9 Å². The van der Waals surface area contributed by atoms with Gasteiger partial charge in [0.05, 0.1) is 6.20 Å². The van der Waals surface area contributed by atoms with Crippen LogP contribution in [0.25, 0.3) is 0 Å². The number of nitrogens with zero attached hydrogens (tertiary/aromatic N) is 2. The van der Waals surface area contributed by atoms with E-state index in [9.17, 15) is 4.79 Å². The van der Waals surface area contributed by atoms with E-state index in [2.05, 4.69) is 12.0 Å². The van der Waals surface area contributed by atoms with Crippen LogP contribution in [0.2, 0.25) is 0 Å². The van der Waals surface area contributed by atoms with Crippen molar-refractivity contribution in [2.45, 2.75) is 26.2 Å². The normalized spacial score (nSPS) is 12.4. The van der Waals surface area contributed by atoms with E-state index in [1.807, 2.05) is 31.2 Å². The van der Waals surface area contributed by atoms with E-state index in [0.717, 1.165) is 16.8 Å². The quantitative estimate of drug-likeness (QED) is 0.676. The number of anilines is 1. The number of ketones is 1. The molecule has 1 atom stereocenters. The summed E-state index contributed by atoms with van der Waals surface area (Å²) >= 11 is 0. The van der Waals surface area contributed by atoms with Crippen LogP contribution in [0.5, 0.6) is 0 Å². The molecule has 1 heterocycles. The molecule has 0 saturated carbocycles. The second kappa shape index (κ2) is 5.26. The number of aromatic nitrogens is 2. The predicted molar refractivity (Wildman–Crippen MR) is 76.2 cm³/mol. The van der Waals surface area contributed by atoms with Gasteiger partial charge >= 0.3 is 0 Å². The van der Waals surface area contributed by atoms with Crippen molar-refractivity contribution in [1.82, 2.24) is 9.78 Å². The third-order valence-electron chi connectivity index (χ3n) is 3.38. The molecule has 19 heavy (non-hydrogen) atoms. The molecule has 2 N–H and O–H groups in total. The zero-order valence-electron chi connectivity index (χ0n) is 11.6. The van der Waals surface area contributed by atoms with Gasteiger partial charge in [-0.15, -0.1) is 0 Å². The standard InChI is InChI=1S/C15H19N3O/c1-10(12-4-6-13(16)7-5-12)8-14(19)15-11(2)9-17-18(15)3/h4-7,9-10H,8,16H2,1-3H3. The number of hydrogen-bond acceptors (Lipinski definition) is 3. The lowest BCUT2D eigenvalue weighted by Gasteiger charge is -2.12. The number of hydrogen-bond donors (Lipinski definition) is 1. The van der Waals surface area contributed by atoms with Gasteiger partial charge in [-0.2, -0.15) is 5.10 Å². The Labute approximate surface area is 113 Å². The first kappa shape index (κ1) is 13.3. The Morgan fingerprint density at radius 3 is 2.53 bits per heavy atom. The largest absolute Gasteiger partial charge is 0.399 e. The Balaban J connectivity index is 2.13. The van der Waals surface area contributed by atoms with Gasteiger partial charge < -0.3 is 5.73 Å². The van der Waals surface area contributed by atoms with Crippen molar-refractivity contribution in [3.63, 3.8) is 0 Å². The summed E-state index contributed by atoms with van der Waals surface area (Å²) < 4.78 is 1.65. The van der Waals surface area contributed by atoms with Crippen LogP contribution in [0.3, 0.4) is 0 Å². The minimum Gasteiger partial charge on any atom is -0.399 e. The molecule has 1 aromatic heterocycles. The fourth-order valence-corrected chi connectivity index (χ4v) is 2.26. The minimum absolute atomic E-state index is 0.127. The highest BCUT2D eigenvalue weighted by Crippen LogP contribution is 2.22. The number of benzene rings is 1. The van der Waals surface area contributed by atoms with Crippen LogP contribution in [-0.4, -0.2) is 15.6 Å². The fourth-order valence-electron chi connectivity index (χ4n) is 2.26. The molecule has 4 heteroatoms. The highest BCUT2D eigenvalue weighted by atomic mass is 16.1. The molecule has 0 amide bonds. The summed E-state index contributed by atoms with van der Waals surface area (Å²) in [4.78, 5) is 12.3. The van der Waals surface area contributed by atoms with Gasteiger partial charge in [-0.3, -0.25) is 9.48 Å². The smallest absolute Gasteiger partial charge is 0.181 e. The van der Waals surface area contributed by atoms with Gasteiger partial charge in [-0.05, 0) is 36.1 Å². The van der Waals surface area contributed by atoms with Crippen molar-refractivity contribution in [1.29, 1.82) is 0 Å². The molecule has 0 aliphatic heterocycles. The summed E-state index contributed by atoms with van der Waals surface area (Å²) in [5.41, 5.74) is 9.16. The van der Waals surface area contributed by atoms with Gasteiger partial charge in [0.1, 0.15) is 5.69 Å². The fraction of sp³-hybridized carbons (Fsp3) is 0.333. The lowest BCUT2D eigenvalue weighted by molar-refractivity contribution is 0.0966. The summed E-state index contributed by atoms with van der Waals surface area (Å²) in [5.74, 6) is 0.296. The van der Waals surface area contributed by atoms with Gasteiger partial charge in [0.2, 0.25) is 0 Å². The van der Waals surface area contributed by atoms with E-state index in [0.29, 0.717) is 12.1 Å². The van der Waals surface area contributed by atoms with Crippen LogP contribution in [0, 0.1) is 6.92 Å². The Morgan fingerprint density at radius 1 is 1.37 bits per heavy atom. The van der Waals surface area contributed by atoms with Crippen LogP contribution >= 0.6 is 0 Å². The van der Waals surface area contributed by atoms with Crippen LogP contribution in [-0.2, 0) is 7.05 Å². The lowest BCUT2D eigenvalue weighted by atomic mass is 9.94. The summed E-state index contributed by atoms with van der Waals surface area (Å²) in [5, 5.41) is 4.11. The summed E-state index contributed by atoms with van der Waals surface area (Å²) in [6, 6.07) is 7.68. The first-order valence-electron chi connectivity index (χ1n) is 6.36. The van der Waals surface area contributed by atoms with Crippen LogP contribution in [0.4, 0.5) is 5.69 Å². The second-order valence-corrected chi connectivity index (χ2v) is 4.99. The monoisotopic (exact) mass is 257 g/mol. The van der Waals surface area contributed by atoms with E-state index in [4.69, 9.17) is 5.73 Å². The SMILES string of the molecule is Cc1cnn(C)c1C(=O)CC(C)c1ccc(N)cc1. The summed E-state index contributed by atoms with van der Waals surface area (Å²) in [7, 11) is 1.80. The Morgan fingerprint density at radius 2 is 2.00 bits per heavy atom. The number of nitrogen functional groups attached to an aromatic ring is 1. The molecule has 4 nitrogen and oxygen atoms in total. The van der Waals surface area contributed by atoms with Crippen molar-refractivity contribution < 1.29 is 4.79 Å². The molecule has 0 aliphatic carbocycles. The number of nitrogens with two attached hydrogens (primary N) is 1. The van der Waals surface area contributed by atoms with Crippen LogP contribution in [0.15, 0.2) is 30.5 Å². The van der Waals surface area contributed by atoms with Gasteiger partial charge in [-0.25, -0.2) is 0 Å². The molecular formula is C15H19N3O. The number of aryl methyl sites for hydroxylation is 2. The number of carbonyl (C=O) groups is 1. The van der Waals surface area contributed by atoms with E-state index >= 15 is 0 Å². The lowest BCUT2D eigenvalue weighted by Crippen LogP contribution is -2.11. The van der Waals surface area contributed by atoms with Gasteiger partial charge in [0.15, 0.2) is 5.78 Å². The molecule has 0 aliphatic rings. The van der Waals surface area contributed by atoms with E-state index in [-0.39, 0.29) is 11.7 Å². The topological polar surface area (TPSA) is 60.9 Å². The highest BCUT2D eigenvalue weighted by Gasteiger charge is 2.17. The van der Waals surface area contributed by atoms with Crippen LogP contribution < -0.4 is 5.73 Å². The number of rotatable bonds is 4. The van der Waals surface area contributed by atoms with Crippen molar-refractivity contribution in [3.8, 4) is 0 Å². The summed E-state index contributed by atoms with van der Waals surface area (Å²) in [6.45, 7) is 3.96. The molecule has 0 spiro atoms. The van der Waals surface area contributed by atoms with Crippen molar-refractivity contribution in [2.24, 2.45) is 7.05 Å². The molecule has 1 unspecified atom stereocenters. The average Bonchev–Trinajstić information content (AvgIpc) is 2.69. The van der Waals surface area contributed by atoms with Crippen molar-refractivity contribution in [2.75, 3.05) is 5.73 Å². The first-order valence-corrected chi connectivity index (χ1v) is 6.36. The Bertz CT molecular complexity index is 564. The zero-order chi connectivity index (χ0) is 14.0. The molecule has 2 rings (SSSR count). The first-order chi connectivity index (χ1) is 8.99. The molecule has 2 aromatic rings. The van der Waals surface area contributed by atoms with Gasteiger partial charge in [-0.1, -0.05) is 19.1 Å². The molecule has 1 aromatic carbocycles. The average molecular weight is 257 g/mol. The Hall–Kier alpha value is -2.10. The highest BCUT2D eigenvalue weighted by molar-refractivity contribution is 5.96. The van der Waals surface area contributed by atoms with Crippen LogP contribution in [0.1, 0.15) is 40.9 Å². The van der Waals surface area contributed by atoms with Gasteiger partial charge in [0, 0.05) is 19.2 Å². The number of Topliss-reactive ketones (excluding diaryl/α,β-unsaturated/α-hetero) is 1.